The van der Waals surface area contributed by atoms with E-state index in [4.69, 9.17) is 0 Å². The second-order valence-corrected chi connectivity index (χ2v) is 25.1. The van der Waals surface area contributed by atoms with Gasteiger partial charge in [-0.15, -0.1) is 0 Å². The summed E-state index contributed by atoms with van der Waals surface area (Å²) in [5, 5.41) is 0. The largest absolute Gasteiger partial charge is 0.0990 e. The van der Waals surface area contributed by atoms with Gasteiger partial charge in [0.25, 0.3) is 0 Å². The van der Waals surface area contributed by atoms with Crippen LogP contribution in [0.5, 0.6) is 0 Å². The maximum atomic E-state index is 4.02. The molecule has 0 saturated heterocycles. The second-order valence-electron chi connectivity index (χ2n) is 25.1. The standard InChI is InChI=1S/2C12H14.C12H18.4C12H16.CH4/c1-9(2)11-7-6-10-4-3-5-12(10)8-11;1-9(2)12-7-10-5-3-4-6-11(10)8-12;1-9(2)11(4)8-12-7-5-6-10(12)3;1-5-11-6-7-12(9(2)3)8-10(11)4;1-5-11-7-6-8-12(9(2)3)10(11)4;1-5-11-10(4)7-6-8-12(11)9(2)3;1-5-6-12-10(4)7-8-11(12)9(2)3;/h3,5-9H,4H2,1-2H3;3-7,9H,8H2,1-2H3;5,7-9H,6H2,1-4H3;3*5-9H,1H2,2-4H3;5-6,8-9H,1,4,7H2,2-3H3;1H4/b;;11-8+;;;;12-6+;. The van der Waals surface area contributed by atoms with Gasteiger partial charge in [0.15, 0.2) is 0 Å². The predicted octanol–water partition coefficient (Wildman–Crippen LogP) is 26.1. The van der Waals surface area contributed by atoms with Crippen LogP contribution >= 0.6 is 0 Å². The van der Waals surface area contributed by atoms with Crippen molar-refractivity contribution < 1.29 is 0 Å². The van der Waals surface area contributed by atoms with E-state index in [2.05, 4.69) is 310 Å². The number of fused-ring (bicyclic) bond motifs is 2. The Morgan fingerprint density at radius 3 is 1.64 bits per heavy atom. The number of benzene rings is 5. The number of allylic oxidation sites excluding steroid dienone is 14. The molecule has 9 rings (SSSR count). The van der Waals surface area contributed by atoms with Crippen molar-refractivity contribution in [2.24, 2.45) is 17.8 Å². The van der Waals surface area contributed by atoms with Crippen LogP contribution in [0, 0.1) is 38.5 Å². The highest BCUT2D eigenvalue weighted by molar-refractivity contribution is 5.64. The lowest BCUT2D eigenvalue weighted by molar-refractivity contribution is 0.754. The van der Waals surface area contributed by atoms with Crippen LogP contribution in [0.1, 0.15) is 233 Å². The molecule has 0 heteroatoms. The van der Waals surface area contributed by atoms with E-state index >= 15 is 0 Å². The third-order valence-corrected chi connectivity index (χ3v) is 16.3. The Morgan fingerprint density at radius 1 is 0.518 bits per heavy atom. The fourth-order valence-corrected chi connectivity index (χ4v) is 10.3. The molecule has 85 heavy (non-hydrogen) atoms. The summed E-state index contributed by atoms with van der Waals surface area (Å²) in [5.41, 5.74) is 29.1. The fraction of sp³-hybridized carbons (Fsp3) is 0.365. The van der Waals surface area contributed by atoms with E-state index in [1.54, 1.807) is 5.57 Å². The lowest BCUT2D eigenvalue weighted by atomic mass is 9.94. The highest BCUT2D eigenvalue weighted by atomic mass is 14.2. The van der Waals surface area contributed by atoms with Gasteiger partial charge in [-0.3, -0.25) is 0 Å². The molecule has 5 aromatic rings. The number of hydrogen-bond acceptors (Lipinski definition) is 0. The van der Waals surface area contributed by atoms with Crippen molar-refractivity contribution in [2.75, 3.05) is 0 Å². The Bertz CT molecular complexity index is 3210. The topological polar surface area (TPSA) is 0 Å². The minimum Gasteiger partial charge on any atom is -0.0990 e. The Kier molecular flexibility index (Phi) is 32.6. The molecule has 0 unspecified atom stereocenters. The minimum absolute atomic E-state index is 0. The molecule has 0 radical (unpaired) electrons. The van der Waals surface area contributed by atoms with Crippen molar-refractivity contribution in [3.63, 3.8) is 0 Å². The summed E-state index contributed by atoms with van der Waals surface area (Å²) in [7, 11) is 0. The van der Waals surface area contributed by atoms with Crippen molar-refractivity contribution in [3.05, 3.63) is 289 Å². The Hall–Kier alpha value is -7.02. The zero-order chi connectivity index (χ0) is 62.8. The fourth-order valence-electron chi connectivity index (χ4n) is 10.3. The molecule has 0 fully saturated rings. The van der Waals surface area contributed by atoms with Gasteiger partial charge in [0.05, 0.1) is 0 Å². The first-order chi connectivity index (χ1) is 39.8. The number of aryl methyl sites for hydroxylation is 2. The van der Waals surface area contributed by atoms with Crippen LogP contribution < -0.4 is 0 Å². The summed E-state index contributed by atoms with van der Waals surface area (Å²) in [6.07, 6.45) is 29.9. The summed E-state index contributed by atoms with van der Waals surface area (Å²) in [6, 6.07) is 34.8. The molecule has 5 aromatic carbocycles. The van der Waals surface area contributed by atoms with Crippen LogP contribution in [0.25, 0.3) is 30.4 Å². The first-order valence-corrected chi connectivity index (χ1v) is 31.3. The number of rotatable bonds is 12. The molecular formula is C85H114. The Morgan fingerprint density at radius 2 is 1.12 bits per heavy atom. The molecule has 454 valence electrons. The monoisotopic (exact) mass is 1130 g/mol. The maximum Gasteiger partial charge on any atom is -0.00553 e. The summed E-state index contributed by atoms with van der Waals surface area (Å²) < 4.78 is 0. The van der Waals surface area contributed by atoms with E-state index < -0.39 is 0 Å². The summed E-state index contributed by atoms with van der Waals surface area (Å²) in [6.45, 7) is 61.1. The van der Waals surface area contributed by atoms with Gasteiger partial charge >= 0.3 is 0 Å². The smallest absolute Gasteiger partial charge is 0.00553 e. The molecule has 0 bridgehead atoms. The third-order valence-electron chi connectivity index (χ3n) is 16.3. The molecule has 4 aliphatic carbocycles. The molecule has 0 spiro atoms. The molecule has 0 aromatic heterocycles. The number of hydrogen-bond donors (Lipinski definition) is 0. The molecule has 0 nitrogen and oxygen atoms in total. The normalized spacial score (nSPS) is 13.9. The molecule has 4 aliphatic rings. The highest BCUT2D eigenvalue weighted by Gasteiger charge is 2.17. The van der Waals surface area contributed by atoms with E-state index in [0.717, 1.165) is 25.7 Å². The zero-order valence-corrected chi connectivity index (χ0v) is 56.1. The van der Waals surface area contributed by atoms with Gasteiger partial charge in [-0.25, -0.2) is 0 Å². The summed E-state index contributed by atoms with van der Waals surface area (Å²) in [5.74, 6) is 4.39. The van der Waals surface area contributed by atoms with Crippen LogP contribution in [0.2, 0.25) is 0 Å². The molecule has 0 atom stereocenters. The van der Waals surface area contributed by atoms with Crippen LogP contribution in [0.4, 0.5) is 0 Å². The molecule has 0 N–H and O–H groups in total. The average molecular weight is 1140 g/mol. The average Bonchev–Trinajstić information content (AvgIpc) is 4.53. The quantitative estimate of drug-likeness (QED) is 0.117. The van der Waals surface area contributed by atoms with Crippen LogP contribution in [0.15, 0.2) is 212 Å². The van der Waals surface area contributed by atoms with Crippen LogP contribution in [-0.2, 0) is 12.8 Å². The predicted molar refractivity (Wildman–Crippen MR) is 389 cm³/mol. The Labute approximate surface area is 522 Å². The zero-order valence-electron chi connectivity index (χ0n) is 56.1. The van der Waals surface area contributed by atoms with Crippen LogP contribution in [0.3, 0.4) is 0 Å². The van der Waals surface area contributed by atoms with E-state index in [9.17, 15) is 0 Å². The van der Waals surface area contributed by atoms with Gasteiger partial charge in [0, 0.05) is 0 Å². The SMILES string of the molecule is C.C=C/C=C1\C(=C)CC=C1C(C)C.C=Cc1c(C)cccc1C(C)C.C=Cc1ccc(C(C)C)cc1C.C=Cc1cccc(C(C)C)c1C.CC(C)C1=Cc2ccccc2C1.CC(C)c1ccc2c(c1)C=CC2.CC1=C(/C=C(\C)C(C)C)C=CC1. The highest BCUT2D eigenvalue weighted by Crippen LogP contribution is 2.34. The van der Waals surface area contributed by atoms with Crippen LogP contribution in [-0.4, -0.2) is 0 Å². The molecule has 0 aliphatic heterocycles. The van der Waals surface area contributed by atoms with Crippen molar-refractivity contribution in [3.8, 4) is 0 Å². The first kappa shape index (κ1) is 74.1. The van der Waals surface area contributed by atoms with E-state index in [1.165, 1.54) is 111 Å². The van der Waals surface area contributed by atoms with Gasteiger partial charge in [0.2, 0.25) is 0 Å². The molecule has 0 amide bonds. The van der Waals surface area contributed by atoms with Gasteiger partial charge in [-0.2, -0.15) is 0 Å². The van der Waals surface area contributed by atoms with E-state index in [0.29, 0.717) is 41.4 Å². The van der Waals surface area contributed by atoms with Gasteiger partial charge < -0.3 is 0 Å². The maximum absolute atomic E-state index is 4.02. The van der Waals surface area contributed by atoms with Crippen molar-refractivity contribution in [2.45, 2.75) is 188 Å². The van der Waals surface area contributed by atoms with Crippen molar-refractivity contribution in [1.29, 1.82) is 0 Å². The lowest BCUT2D eigenvalue weighted by Crippen LogP contribution is -1.93. The summed E-state index contributed by atoms with van der Waals surface area (Å²) in [4.78, 5) is 0. The third kappa shape index (κ3) is 23.4. The molecule has 0 heterocycles. The van der Waals surface area contributed by atoms with E-state index in [1.807, 2.05) is 24.3 Å². The van der Waals surface area contributed by atoms with Gasteiger partial charge in [0.1, 0.15) is 0 Å². The van der Waals surface area contributed by atoms with Gasteiger partial charge in [-0.05, 0) is 202 Å². The van der Waals surface area contributed by atoms with Crippen molar-refractivity contribution in [1.82, 2.24) is 0 Å². The minimum atomic E-state index is 0. The summed E-state index contributed by atoms with van der Waals surface area (Å²) >= 11 is 0. The lowest BCUT2D eigenvalue weighted by Gasteiger charge is -2.11. The second kappa shape index (κ2) is 37.4. The molecular weight excluding hydrogens is 1020 g/mol. The van der Waals surface area contributed by atoms with Gasteiger partial charge in [-0.1, -0.05) is 324 Å². The first-order valence-electron chi connectivity index (χ1n) is 31.3. The molecule has 0 saturated carbocycles. The Balaban J connectivity index is 0.000000338. The van der Waals surface area contributed by atoms with Crippen molar-refractivity contribution >= 4 is 30.4 Å². The van der Waals surface area contributed by atoms with E-state index in [-0.39, 0.29) is 7.43 Å².